The van der Waals surface area contributed by atoms with Crippen LogP contribution in [-0.4, -0.2) is 65.1 Å². The van der Waals surface area contributed by atoms with Gasteiger partial charge in [-0.15, -0.1) is 0 Å². The fraction of sp³-hybridized carbons (Fsp3) is 0.217. The van der Waals surface area contributed by atoms with Crippen LogP contribution in [0.3, 0.4) is 0 Å². The maximum Gasteiger partial charge on any atom is 0.262 e. The molecule has 2 aliphatic rings. The maximum absolute atomic E-state index is 13.2. The fourth-order valence-electron chi connectivity index (χ4n) is 4.65. The molecule has 0 saturated heterocycles. The molecule has 0 spiro atoms. The Bertz CT molecular complexity index is 1230. The van der Waals surface area contributed by atoms with Gasteiger partial charge in [0.1, 0.15) is 21.2 Å². The number of hydrogen-bond donors (Lipinski definition) is 0. The quantitative estimate of drug-likeness (QED) is 0.314. The fourth-order valence-corrected chi connectivity index (χ4v) is 8.45. The molecule has 0 N–H and O–H groups in total. The van der Waals surface area contributed by atoms with E-state index in [1.807, 2.05) is 13.5 Å². The van der Waals surface area contributed by atoms with E-state index in [-0.39, 0.29) is 22.3 Å². The van der Waals surface area contributed by atoms with Gasteiger partial charge in [-0.2, -0.15) is 0 Å². The van der Waals surface area contributed by atoms with Gasteiger partial charge in [-0.1, -0.05) is 43.8 Å². The highest BCUT2D eigenvalue weighted by molar-refractivity contribution is 7.02. The number of amides is 4. The summed E-state index contributed by atoms with van der Waals surface area (Å²) >= 11 is 10.9. The Kier molecular flexibility index (Phi) is 6.05. The molecular weight excluding hydrogens is 499 g/mol. The average molecular weight is 517 g/mol. The third-order valence-corrected chi connectivity index (χ3v) is 11.3. The Morgan fingerprint density at radius 1 is 0.735 bits per heavy atom. The van der Waals surface area contributed by atoms with Crippen molar-refractivity contribution in [3.05, 3.63) is 58.7 Å². The van der Waals surface area contributed by atoms with Gasteiger partial charge in [-0.05, 0) is 45.7 Å². The van der Waals surface area contributed by atoms with Crippen LogP contribution in [0, 0.1) is 0 Å². The number of benzene rings is 2. The SMILES string of the molecule is CC[Si](C)(c1cccc2c1C(=O)N(CC(=O)Cl)C2=O)c1cccc2c1C(=O)N(CC(=O)Cl)C2=O. The predicted molar refractivity (Wildman–Crippen MR) is 127 cm³/mol. The summed E-state index contributed by atoms with van der Waals surface area (Å²) in [6.45, 7) is 2.76. The zero-order valence-electron chi connectivity index (χ0n) is 18.2. The summed E-state index contributed by atoms with van der Waals surface area (Å²) in [6, 6.07) is 10.4. The van der Waals surface area contributed by atoms with Crippen molar-refractivity contribution in [1.82, 2.24) is 9.80 Å². The molecule has 2 aromatic carbocycles. The van der Waals surface area contributed by atoms with Gasteiger partial charge in [0.15, 0.2) is 0 Å². The first kappa shape index (κ1) is 24.0. The molecule has 2 aliphatic heterocycles. The number of hydrogen-bond acceptors (Lipinski definition) is 6. The zero-order chi connectivity index (χ0) is 24.9. The lowest BCUT2D eigenvalue weighted by Crippen LogP contribution is -2.58. The van der Waals surface area contributed by atoms with Crippen LogP contribution in [0.2, 0.25) is 12.6 Å². The molecule has 0 aliphatic carbocycles. The minimum atomic E-state index is -2.91. The van der Waals surface area contributed by atoms with E-state index in [9.17, 15) is 28.8 Å². The first-order valence-electron chi connectivity index (χ1n) is 10.4. The van der Waals surface area contributed by atoms with Gasteiger partial charge in [0, 0.05) is 0 Å². The predicted octanol–water partition coefficient (Wildman–Crippen LogP) is 1.62. The van der Waals surface area contributed by atoms with E-state index in [0.29, 0.717) is 16.4 Å². The van der Waals surface area contributed by atoms with E-state index < -0.39 is 55.3 Å². The molecule has 4 amide bonds. The van der Waals surface area contributed by atoms with Crippen molar-refractivity contribution in [3.8, 4) is 0 Å². The molecule has 2 aromatic rings. The Balaban J connectivity index is 1.91. The number of fused-ring (bicyclic) bond motifs is 2. The highest BCUT2D eigenvalue weighted by Gasteiger charge is 2.47. The number of halogens is 2. The van der Waals surface area contributed by atoms with Gasteiger partial charge in [-0.25, -0.2) is 0 Å². The Morgan fingerprint density at radius 3 is 1.44 bits per heavy atom. The second-order valence-corrected chi connectivity index (χ2v) is 13.5. The lowest BCUT2D eigenvalue weighted by molar-refractivity contribution is -0.112. The molecule has 0 bridgehead atoms. The molecule has 174 valence electrons. The Labute approximate surface area is 205 Å². The van der Waals surface area contributed by atoms with E-state index in [1.165, 1.54) is 12.1 Å². The van der Waals surface area contributed by atoms with Gasteiger partial charge < -0.3 is 0 Å². The number of carbonyl (C=O) groups excluding carboxylic acids is 6. The first-order valence-corrected chi connectivity index (χ1v) is 13.8. The molecule has 0 saturated carbocycles. The zero-order valence-corrected chi connectivity index (χ0v) is 20.7. The summed E-state index contributed by atoms with van der Waals surface area (Å²) in [4.78, 5) is 76.6. The van der Waals surface area contributed by atoms with Crippen molar-refractivity contribution in [2.24, 2.45) is 0 Å². The highest BCUT2D eigenvalue weighted by atomic mass is 35.5. The topological polar surface area (TPSA) is 109 Å². The smallest absolute Gasteiger partial charge is 0.262 e. The summed E-state index contributed by atoms with van der Waals surface area (Å²) in [5.74, 6) is -2.47. The van der Waals surface area contributed by atoms with E-state index >= 15 is 0 Å². The summed E-state index contributed by atoms with van der Waals surface area (Å²) < 4.78 is 0. The van der Waals surface area contributed by atoms with Crippen molar-refractivity contribution in [3.63, 3.8) is 0 Å². The van der Waals surface area contributed by atoms with Crippen LogP contribution in [-0.2, 0) is 9.59 Å². The highest BCUT2D eigenvalue weighted by Crippen LogP contribution is 2.28. The third-order valence-electron chi connectivity index (χ3n) is 6.46. The molecular formula is C23H18Cl2N2O6Si. The molecule has 11 heteroatoms. The van der Waals surface area contributed by atoms with Gasteiger partial charge in [-0.3, -0.25) is 38.6 Å². The molecule has 8 nitrogen and oxygen atoms in total. The van der Waals surface area contributed by atoms with Crippen LogP contribution in [0.15, 0.2) is 36.4 Å². The number of imide groups is 2. The van der Waals surface area contributed by atoms with Crippen LogP contribution in [0.4, 0.5) is 0 Å². The summed E-state index contributed by atoms with van der Waals surface area (Å²) in [5.41, 5.74) is 0.695. The van der Waals surface area contributed by atoms with Crippen LogP contribution < -0.4 is 10.4 Å². The number of carbonyl (C=O) groups is 6. The van der Waals surface area contributed by atoms with E-state index in [0.717, 1.165) is 9.80 Å². The monoisotopic (exact) mass is 516 g/mol. The molecule has 34 heavy (non-hydrogen) atoms. The maximum atomic E-state index is 13.2. The Hall–Kier alpha value is -3.14. The van der Waals surface area contributed by atoms with Crippen LogP contribution >= 0.6 is 23.2 Å². The summed E-state index contributed by atoms with van der Waals surface area (Å²) in [7, 11) is -2.91. The molecule has 0 radical (unpaired) electrons. The van der Waals surface area contributed by atoms with Crippen molar-refractivity contribution < 1.29 is 28.8 Å². The van der Waals surface area contributed by atoms with E-state index in [1.54, 1.807) is 24.3 Å². The average Bonchev–Trinajstić information content (AvgIpc) is 3.18. The third kappa shape index (κ3) is 3.51. The van der Waals surface area contributed by atoms with Crippen molar-refractivity contribution in [1.29, 1.82) is 0 Å². The van der Waals surface area contributed by atoms with Gasteiger partial charge in [0.2, 0.25) is 10.5 Å². The Morgan fingerprint density at radius 2 is 1.12 bits per heavy atom. The largest absolute Gasteiger partial charge is 0.279 e. The number of nitrogens with zero attached hydrogens (tertiary/aromatic N) is 2. The normalized spacial score (nSPS) is 15.2. The molecule has 0 aromatic heterocycles. The van der Waals surface area contributed by atoms with Gasteiger partial charge in [0.25, 0.3) is 23.6 Å². The molecule has 2 heterocycles. The van der Waals surface area contributed by atoms with E-state index in [2.05, 4.69) is 0 Å². The van der Waals surface area contributed by atoms with Crippen molar-refractivity contribution in [2.45, 2.75) is 19.5 Å². The van der Waals surface area contributed by atoms with Crippen LogP contribution in [0.25, 0.3) is 0 Å². The summed E-state index contributed by atoms with van der Waals surface area (Å²) in [5, 5.41) is -0.470. The number of rotatable bonds is 7. The minimum Gasteiger partial charge on any atom is -0.279 e. The lowest BCUT2D eigenvalue weighted by Gasteiger charge is -2.30. The van der Waals surface area contributed by atoms with Crippen molar-refractivity contribution in [2.75, 3.05) is 13.1 Å². The first-order chi connectivity index (χ1) is 16.0. The molecule has 0 atom stereocenters. The van der Waals surface area contributed by atoms with Gasteiger partial charge >= 0.3 is 0 Å². The minimum absolute atomic E-state index is 0.164. The summed E-state index contributed by atoms with van der Waals surface area (Å²) in [6.07, 6.45) is 0. The second-order valence-electron chi connectivity index (χ2n) is 8.25. The standard InChI is InChI=1S/C23H18Cl2N2O6Si/c1-3-34(2,14-8-4-6-12-18(14)22(32)26(20(12)30)10-16(24)28)15-9-5-7-13-19(15)23(33)27(21(13)31)11-17(25)29/h4-9H,3,10-11H2,1-2H3. The van der Waals surface area contributed by atoms with Crippen LogP contribution in [0.5, 0.6) is 0 Å². The molecule has 4 rings (SSSR count). The van der Waals surface area contributed by atoms with E-state index in [4.69, 9.17) is 23.2 Å². The lowest BCUT2D eigenvalue weighted by atomic mass is 10.1. The molecule has 0 fully saturated rings. The molecule has 0 unspecified atom stereocenters. The second kappa shape index (κ2) is 8.57. The van der Waals surface area contributed by atoms with Crippen LogP contribution in [0.1, 0.15) is 48.4 Å². The van der Waals surface area contributed by atoms with Crippen molar-refractivity contribution >= 4 is 75.8 Å². The van der Waals surface area contributed by atoms with Gasteiger partial charge in [0.05, 0.1) is 22.3 Å².